The molecule has 0 bridgehead atoms. The summed E-state index contributed by atoms with van der Waals surface area (Å²) in [5.74, 6) is -0.841. The summed E-state index contributed by atoms with van der Waals surface area (Å²) < 4.78 is 5.64. The summed E-state index contributed by atoms with van der Waals surface area (Å²) in [6.07, 6.45) is 2.33. The van der Waals surface area contributed by atoms with Crippen LogP contribution in [0.25, 0.3) is 0 Å². The van der Waals surface area contributed by atoms with Crippen molar-refractivity contribution in [1.29, 1.82) is 0 Å². The van der Waals surface area contributed by atoms with Gasteiger partial charge >= 0.3 is 5.97 Å². The minimum Gasteiger partial charge on any atom is -0.458 e. The molecule has 0 aliphatic carbocycles. The molecule has 0 unspecified atom stereocenters. The molecular weight excluding hydrogens is 472 g/mol. The average Bonchev–Trinajstić information content (AvgIpc) is 2.83. The SMILES string of the molecule is CC(C)(C)OC(=O)[C@H](Cc1ccccc1)NC(=O)[C@@](C)(Cc1ccccc1)N=Cc1ccc(Cl)cc1. The summed E-state index contributed by atoms with van der Waals surface area (Å²) in [5, 5.41) is 3.57. The summed E-state index contributed by atoms with van der Waals surface area (Å²) >= 11 is 6.01. The largest absolute Gasteiger partial charge is 0.458 e. The number of hydrogen-bond donors (Lipinski definition) is 1. The van der Waals surface area contributed by atoms with Crippen LogP contribution in [-0.4, -0.2) is 35.3 Å². The molecule has 0 fully saturated rings. The first-order valence-electron chi connectivity index (χ1n) is 12.0. The minimum atomic E-state index is -1.17. The molecule has 0 aliphatic heterocycles. The number of carbonyl (C=O) groups excluding carboxylic acids is 2. The lowest BCUT2D eigenvalue weighted by Gasteiger charge is -2.29. The van der Waals surface area contributed by atoms with Crippen LogP contribution in [0.5, 0.6) is 0 Å². The number of benzene rings is 3. The second-order valence-electron chi connectivity index (χ2n) is 10.00. The Kier molecular flexibility index (Phi) is 9.05. The number of rotatable bonds is 9. The van der Waals surface area contributed by atoms with E-state index in [0.29, 0.717) is 17.9 Å². The number of esters is 1. The van der Waals surface area contributed by atoms with E-state index in [4.69, 9.17) is 21.3 Å². The number of aliphatic imine (C=N–C) groups is 1. The van der Waals surface area contributed by atoms with Crippen molar-refractivity contribution >= 4 is 29.7 Å². The topological polar surface area (TPSA) is 67.8 Å². The molecule has 0 spiro atoms. The third-order valence-electron chi connectivity index (χ3n) is 5.53. The van der Waals surface area contributed by atoms with Crippen molar-refractivity contribution in [2.24, 2.45) is 4.99 Å². The fourth-order valence-electron chi connectivity index (χ4n) is 3.67. The molecule has 0 saturated carbocycles. The molecule has 3 rings (SSSR count). The maximum absolute atomic E-state index is 13.8. The van der Waals surface area contributed by atoms with Crippen molar-refractivity contribution in [2.75, 3.05) is 0 Å². The van der Waals surface area contributed by atoms with Gasteiger partial charge in [0.25, 0.3) is 0 Å². The molecule has 36 heavy (non-hydrogen) atoms. The average molecular weight is 505 g/mol. The van der Waals surface area contributed by atoms with Gasteiger partial charge in [0.15, 0.2) is 0 Å². The van der Waals surface area contributed by atoms with Gasteiger partial charge in [-0.3, -0.25) is 9.79 Å². The Balaban J connectivity index is 1.90. The van der Waals surface area contributed by atoms with Gasteiger partial charge in [-0.05, 0) is 56.5 Å². The molecule has 0 aromatic heterocycles. The lowest BCUT2D eigenvalue weighted by atomic mass is 9.91. The van der Waals surface area contributed by atoms with Crippen molar-refractivity contribution in [3.8, 4) is 0 Å². The van der Waals surface area contributed by atoms with Crippen molar-refractivity contribution < 1.29 is 14.3 Å². The van der Waals surface area contributed by atoms with E-state index in [9.17, 15) is 9.59 Å². The highest BCUT2D eigenvalue weighted by molar-refractivity contribution is 6.30. The van der Waals surface area contributed by atoms with Crippen molar-refractivity contribution in [2.45, 2.75) is 57.7 Å². The van der Waals surface area contributed by atoms with E-state index in [0.717, 1.165) is 16.7 Å². The van der Waals surface area contributed by atoms with Crippen LogP contribution in [-0.2, 0) is 27.2 Å². The molecule has 6 heteroatoms. The van der Waals surface area contributed by atoms with Gasteiger partial charge < -0.3 is 10.1 Å². The Morgan fingerprint density at radius 2 is 1.44 bits per heavy atom. The zero-order valence-corrected chi connectivity index (χ0v) is 22.0. The standard InChI is InChI=1S/C30H33ClN2O3/c1-29(2,3)36-27(34)26(19-22-11-7-5-8-12-22)33-28(35)30(4,20-23-13-9-6-10-14-23)32-21-24-15-17-25(31)18-16-24/h5-18,21,26H,19-20H2,1-4H3,(H,33,35)/t26-,30+/m0/s1. The molecule has 1 amide bonds. The van der Waals surface area contributed by atoms with Crippen molar-refractivity contribution in [3.05, 3.63) is 107 Å². The highest BCUT2D eigenvalue weighted by Gasteiger charge is 2.36. The van der Waals surface area contributed by atoms with Gasteiger partial charge in [0, 0.05) is 24.1 Å². The van der Waals surface area contributed by atoms with E-state index in [-0.39, 0.29) is 5.91 Å². The molecule has 0 radical (unpaired) electrons. The number of nitrogens with zero attached hydrogens (tertiary/aromatic N) is 1. The number of nitrogens with one attached hydrogen (secondary N) is 1. The van der Waals surface area contributed by atoms with E-state index >= 15 is 0 Å². The summed E-state index contributed by atoms with van der Waals surface area (Å²) in [6.45, 7) is 7.20. The number of ether oxygens (including phenoxy) is 1. The third kappa shape index (κ3) is 8.35. The predicted octanol–water partition coefficient (Wildman–Crippen LogP) is 5.83. The van der Waals surface area contributed by atoms with Crippen LogP contribution in [0.3, 0.4) is 0 Å². The van der Waals surface area contributed by atoms with Crippen molar-refractivity contribution in [1.82, 2.24) is 5.32 Å². The smallest absolute Gasteiger partial charge is 0.329 e. The van der Waals surface area contributed by atoms with Gasteiger partial charge in [0.05, 0.1) is 0 Å². The van der Waals surface area contributed by atoms with Gasteiger partial charge in [-0.15, -0.1) is 0 Å². The van der Waals surface area contributed by atoms with Crippen LogP contribution < -0.4 is 5.32 Å². The van der Waals surface area contributed by atoms with Crippen LogP contribution in [0.4, 0.5) is 0 Å². The lowest BCUT2D eigenvalue weighted by Crippen LogP contribution is -2.53. The molecule has 1 N–H and O–H groups in total. The van der Waals surface area contributed by atoms with E-state index in [1.807, 2.05) is 93.6 Å². The normalized spacial score (nSPS) is 14.1. The van der Waals surface area contributed by atoms with Gasteiger partial charge in [0.2, 0.25) is 5.91 Å². The van der Waals surface area contributed by atoms with E-state index in [1.165, 1.54) is 0 Å². The number of hydrogen-bond acceptors (Lipinski definition) is 4. The fraction of sp³-hybridized carbons (Fsp3) is 0.300. The molecule has 188 valence electrons. The Labute approximate surface area is 218 Å². The van der Waals surface area contributed by atoms with Gasteiger partial charge in [-0.2, -0.15) is 0 Å². The monoisotopic (exact) mass is 504 g/mol. The van der Waals surface area contributed by atoms with Crippen LogP contribution in [0.15, 0.2) is 89.9 Å². The van der Waals surface area contributed by atoms with E-state index in [2.05, 4.69) is 5.32 Å². The Morgan fingerprint density at radius 3 is 2.00 bits per heavy atom. The first kappa shape index (κ1) is 27.2. The predicted molar refractivity (Wildman–Crippen MR) is 146 cm³/mol. The van der Waals surface area contributed by atoms with E-state index < -0.39 is 23.2 Å². The maximum Gasteiger partial charge on any atom is 0.329 e. The molecular formula is C30H33ClN2O3. The Bertz CT molecular complexity index is 1170. The maximum atomic E-state index is 13.8. The molecule has 0 heterocycles. The molecule has 5 nitrogen and oxygen atoms in total. The van der Waals surface area contributed by atoms with Crippen LogP contribution in [0, 0.1) is 0 Å². The number of amides is 1. The van der Waals surface area contributed by atoms with Crippen LogP contribution in [0.2, 0.25) is 5.02 Å². The van der Waals surface area contributed by atoms with Gasteiger partial charge in [-0.1, -0.05) is 84.4 Å². The summed E-state index contributed by atoms with van der Waals surface area (Å²) in [6, 6.07) is 25.6. The second-order valence-corrected chi connectivity index (χ2v) is 10.4. The molecule has 3 aromatic rings. The summed E-state index contributed by atoms with van der Waals surface area (Å²) in [5.41, 5.74) is 0.845. The summed E-state index contributed by atoms with van der Waals surface area (Å²) in [4.78, 5) is 31.6. The first-order valence-corrected chi connectivity index (χ1v) is 12.3. The zero-order valence-electron chi connectivity index (χ0n) is 21.2. The first-order chi connectivity index (χ1) is 17.0. The van der Waals surface area contributed by atoms with Gasteiger partial charge in [-0.25, -0.2) is 4.79 Å². The number of carbonyl (C=O) groups is 2. The highest BCUT2D eigenvalue weighted by Crippen LogP contribution is 2.21. The van der Waals surface area contributed by atoms with E-state index in [1.54, 1.807) is 25.3 Å². The Hall–Kier alpha value is -3.44. The van der Waals surface area contributed by atoms with Gasteiger partial charge in [0.1, 0.15) is 17.2 Å². The third-order valence-corrected chi connectivity index (χ3v) is 5.78. The van der Waals surface area contributed by atoms with Crippen molar-refractivity contribution in [3.63, 3.8) is 0 Å². The molecule has 3 aromatic carbocycles. The second kappa shape index (κ2) is 12.0. The fourth-order valence-corrected chi connectivity index (χ4v) is 3.80. The number of halogens is 1. The molecule has 0 aliphatic rings. The molecule has 2 atom stereocenters. The lowest BCUT2D eigenvalue weighted by molar-refractivity contribution is -0.158. The summed E-state index contributed by atoms with van der Waals surface area (Å²) in [7, 11) is 0. The Morgan fingerprint density at radius 1 is 0.889 bits per heavy atom. The minimum absolute atomic E-state index is 0.309. The van der Waals surface area contributed by atoms with Crippen LogP contribution >= 0.6 is 11.6 Å². The zero-order chi connectivity index (χ0) is 26.2. The molecule has 0 saturated heterocycles. The van der Waals surface area contributed by atoms with Crippen LogP contribution in [0.1, 0.15) is 44.4 Å². The quantitative estimate of drug-likeness (QED) is 0.294. The highest BCUT2D eigenvalue weighted by atomic mass is 35.5.